The number of thioether (sulfide) groups is 1. The molecular weight excluding hydrogens is 352 g/mol. The summed E-state index contributed by atoms with van der Waals surface area (Å²) in [5.74, 6) is 1.30. The number of hydrogen-bond donors (Lipinski definition) is 0. The Bertz CT molecular complexity index is 1080. The van der Waals surface area contributed by atoms with Crippen molar-refractivity contribution in [2.45, 2.75) is 10.8 Å². The summed E-state index contributed by atoms with van der Waals surface area (Å²) >= 11 is 1.51. The van der Waals surface area contributed by atoms with E-state index in [0.29, 0.717) is 23.1 Å². The van der Waals surface area contributed by atoms with Gasteiger partial charge < -0.3 is 4.42 Å². The number of nitrogens with zero attached hydrogens (tertiary/aromatic N) is 4. The van der Waals surface area contributed by atoms with Crippen molar-refractivity contribution in [3.05, 3.63) is 76.7 Å². The second-order valence-corrected chi connectivity index (χ2v) is 6.43. The van der Waals surface area contributed by atoms with Crippen molar-refractivity contribution < 1.29 is 9.34 Å². The lowest BCUT2D eigenvalue weighted by molar-refractivity contribution is -0.384. The maximum atomic E-state index is 10.7. The average Bonchev–Trinajstić information content (AvgIpc) is 3.15. The monoisotopic (exact) mass is 364 g/mol. The Balaban J connectivity index is 1.46. The molecule has 0 saturated carbocycles. The van der Waals surface area contributed by atoms with Crippen LogP contribution >= 0.6 is 11.8 Å². The first-order valence-electron chi connectivity index (χ1n) is 7.75. The Kier molecular flexibility index (Phi) is 4.32. The Labute approximate surface area is 152 Å². The Hall–Kier alpha value is -3.26. The van der Waals surface area contributed by atoms with E-state index in [9.17, 15) is 10.1 Å². The molecular formula is C18H12N4O3S. The number of benzene rings is 2. The first-order valence-corrected chi connectivity index (χ1v) is 8.73. The molecule has 0 fully saturated rings. The molecule has 8 heteroatoms. The molecule has 0 unspecified atom stereocenters. The molecule has 4 aromatic rings. The van der Waals surface area contributed by atoms with Crippen LogP contribution in [0, 0.1) is 10.1 Å². The molecule has 0 radical (unpaired) electrons. The molecule has 128 valence electrons. The molecule has 0 saturated heterocycles. The largest absolute Gasteiger partial charge is 0.420 e. The molecule has 0 atom stereocenters. The Morgan fingerprint density at radius 1 is 1.00 bits per heavy atom. The van der Waals surface area contributed by atoms with Crippen LogP contribution < -0.4 is 0 Å². The number of fused-ring (bicyclic) bond motifs is 1. The van der Waals surface area contributed by atoms with Gasteiger partial charge in [-0.25, -0.2) is 4.98 Å². The third-order valence-corrected chi connectivity index (χ3v) is 4.62. The minimum absolute atomic E-state index is 0.0198. The molecule has 2 aromatic heterocycles. The van der Waals surface area contributed by atoms with Gasteiger partial charge in [-0.1, -0.05) is 36.0 Å². The van der Waals surface area contributed by atoms with Gasteiger partial charge in [0.15, 0.2) is 0 Å². The lowest BCUT2D eigenvalue weighted by Gasteiger charge is -2.01. The van der Waals surface area contributed by atoms with E-state index >= 15 is 0 Å². The van der Waals surface area contributed by atoms with E-state index in [4.69, 9.17) is 4.42 Å². The quantitative estimate of drug-likeness (QED) is 0.292. The van der Waals surface area contributed by atoms with Gasteiger partial charge in [0.2, 0.25) is 11.8 Å². The Morgan fingerprint density at radius 3 is 2.62 bits per heavy atom. The fourth-order valence-electron chi connectivity index (χ4n) is 2.42. The highest BCUT2D eigenvalue weighted by atomic mass is 32.2. The first-order chi connectivity index (χ1) is 12.7. The summed E-state index contributed by atoms with van der Waals surface area (Å²) in [6.07, 6.45) is 0. The molecule has 0 aliphatic carbocycles. The zero-order valence-corrected chi connectivity index (χ0v) is 14.2. The highest BCUT2D eigenvalue weighted by Gasteiger charge is 2.11. The zero-order valence-electron chi connectivity index (χ0n) is 13.4. The third-order valence-electron chi connectivity index (χ3n) is 3.71. The zero-order chi connectivity index (χ0) is 17.9. The number of pyridine rings is 1. The van der Waals surface area contributed by atoms with E-state index in [2.05, 4.69) is 15.2 Å². The normalized spacial score (nSPS) is 10.9. The van der Waals surface area contributed by atoms with Gasteiger partial charge in [-0.05, 0) is 24.3 Å². The molecule has 2 aromatic carbocycles. The fraction of sp³-hybridized carbons (Fsp3) is 0.0556. The maximum Gasteiger partial charge on any atom is 0.269 e. The Morgan fingerprint density at radius 2 is 1.81 bits per heavy atom. The topological polar surface area (TPSA) is 95.0 Å². The van der Waals surface area contributed by atoms with Crippen LogP contribution in [0.5, 0.6) is 0 Å². The van der Waals surface area contributed by atoms with Crippen LogP contribution in [0.1, 0.15) is 5.89 Å². The number of nitro groups is 1. The number of hydrogen-bond acceptors (Lipinski definition) is 7. The van der Waals surface area contributed by atoms with Crippen molar-refractivity contribution in [1.29, 1.82) is 0 Å². The van der Waals surface area contributed by atoms with Gasteiger partial charge >= 0.3 is 0 Å². The molecule has 0 spiro atoms. The van der Waals surface area contributed by atoms with Gasteiger partial charge in [0.05, 0.1) is 21.2 Å². The summed E-state index contributed by atoms with van der Waals surface area (Å²) < 4.78 is 5.64. The van der Waals surface area contributed by atoms with E-state index in [0.717, 1.165) is 15.9 Å². The summed E-state index contributed by atoms with van der Waals surface area (Å²) in [6, 6.07) is 17.9. The molecule has 0 N–H and O–H groups in total. The molecule has 0 aliphatic rings. The standard InChI is InChI=1S/C18H12N4O3S/c23-22(24)14-8-5-13(6-9-14)18-21-20-16(25-18)11-26-17-10-7-12-3-1-2-4-15(12)19-17/h1-10H,11H2. The number of rotatable bonds is 5. The van der Waals surface area contributed by atoms with Crippen LogP contribution in [0.4, 0.5) is 5.69 Å². The van der Waals surface area contributed by atoms with Crippen LogP contribution in [0.3, 0.4) is 0 Å². The molecule has 0 amide bonds. The van der Waals surface area contributed by atoms with E-state index in [1.807, 2.05) is 36.4 Å². The smallest absolute Gasteiger partial charge is 0.269 e. The highest BCUT2D eigenvalue weighted by Crippen LogP contribution is 2.26. The van der Waals surface area contributed by atoms with Crippen LogP contribution in [-0.2, 0) is 5.75 Å². The van der Waals surface area contributed by atoms with Crippen molar-refractivity contribution in [2.75, 3.05) is 0 Å². The number of non-ortho nitro benzene ring substituents is 1. The lowest BCUT2D eigenvalue weighted by atomic mass is 10.2. The second kappa shape index (κ2) is 6.93. The van der Waals surface area contributed by atoms with Crippen molar-refractivity contribution in [2.24, 2.45) is 0 Å². The van der Waals surface area contributed by atoms with Gasteiger partial charge in [0.1, 0.15) is 0 Å². The van der Waals surface area contributed by atoms with Crippen molar-refractivity contribution in [3.63, 3.8) is 0 Å². The summed E-state index contributed by atoms with van der Waals surface area (Å²) in [5, 5.41) is 20.7. The SMILES string of the molecule is O=[N+]([O-])c1ccc(-c2nnc(CSc3ccc4ccccc4n3)o2)cc1. The van der Waals surface area contributed by atoms with Crippen LogP contribution in [0.2, 0.25) is 0 Å². The predicted molar refractivity (Wildman–Crippen MR) is 97.7 cm³/mol. The van der Waals surface area contributed by atoms with Gasteiger partial charge in [-0.3, -0.25) is 10.1 Å². The van der Waals surface area contributed by atoms with Crippen molar-refractivity contribution in [1.82, 2.24) is 15.2 Å². The number of nitro benzene ring substituents is 1. The van der Waals surface area contributed by atoms with Crippen LogP contribution in [0.25, 0.3) is 22.4 Å². The van der Waals surface area contributed by atoms with Crippen molar-refractivity contribution in [3.8, 4) is 11.5 Å². The minimum Gasteiger partial charge on any atom is -0.420 e. The van der Waals surface area contributed by atoms with Crippen LogP contribution in [0.15, 0.2) is 70.1 Å². The van der Waals surface area contributed by atoms with E-state index in [1.54, 1.807) is 12.1 Å². The fourth-order valence-corrected chi connectivity index (χ4v) is 3.13. The maximum absolute atomic E-state index is 10.7. The van der Waals surface area contributed by atoms with Gasteiger partial charge in [0.25, 0.3) is 5.69 Å². The minimum atomic E-state index is -0.448. The van der Waals surface area contributed by atoms with E-state index in [1.165, 1.54) is 23.9 Å². The third kappa shape index (κ3) is 3.40. The lowest BCUT2D eigenvalue weighted by Crippen LogP contribution is -1.87. The second-order valence-electron chi connectivity index (χ2n) is 5.44. The van der Waals surface area contributed by atoms with Gasteiger partial charge in [-0.15, -0.1) is 10.2 Å². The molecule has 7 nitrogen and oxygen atoms in total. The van der Waals surface area contributed by atoms with Crippen LogP contribution in [-0.4, -0.2) is 20.1 Å². The molecule has 4 rings (SSSR count). The van der Waals surface area contributed by atoms with Gasteiger partial charge in [-0.2, -0.15) is 0 Å². The average molecular weight is 364 g/mol. The highest BCUT2D eigenvalue weighted by molar-refractivity contribution is 7.98. The molecule has 0 aliphatic heterocycles. The summed E-state index contributed by atoms with van der Waals surface area (Å²) in [7, 11) is 0. The molecule has 26 heavy (non-hydrogen) atoms. The number of aromatic nitrogens is 3. The predicted octanol–water partition coefficient (Wildman–Crippen LogP) is 4.49. The molecule has 2 heterocycles. The van der Waals surface area contributed by atoms with Crippen molar-refractivity contribution >= 4 is 28.4 Å². The number of para-hydroxylation sites is 1. The summed E-state index contributed by atoms with van der Waals surface area (Å²) in [5.41, 5.74) is 1.60. The van der Waals surface area contributed by atoms with E-state index < -0.39 is 4.92 Å². The van der Waals surface area contributed by atoms with E-state index in [-0.39, 0.29) is 5.69 Å². The van der Waals surface area contributed by atoms with Gasteiger partial charge in [0, 0.05) is 23.1 Å². The summed E-state index contributed by atoms with van der Waals surface area (Å²) in [6.45, 7) is 0. The molecule has 0 bridgehead atoms. The first kappa shape index (κ1) is 16.2. The summed E-state index contributed by atoms with van der Waals surface area (Å²) in [4.78, 5) is 14.8.